The van der Waals surface area contributed by atoms with Crippen LogP contribution < -0.4 is 15.3 Å². The number of fused-ring (bicyclic) bond motifs is 1. The zero-order valence-electron chi connectivity index (χ0n) is 30.9. The van der Waals surface area contributed by atoms with Crippen LogP contribution in [0.5, 0.6) is 5.75 Å². The number of hydrogen-bond donors (Lipinski definition) is 2. The largest absolute Gasteiger partial charge is 0.462 e. The molecule has 6 rings (SSSR count). The molecule has 0 unspecified atom stereocenters. The van der Waals surface area contributed by atoms with Crippen LogP contribution in [0.1, 0.15) is 58.3 Å². The number of nitrogens with one attached hydrogen (secondary N) is 1. The summed E-state index contributed by atoms with van der Waals surface area (Å²) >= 11 is 0. The molecule has 3 aliphatic heterocycles. The van der Waals surface area contributed by atoms with Crippen LogP contribution in [0.2, 0.25) is 0 Å². The fourth-order valence-corrected chi connectivity index (χ4v) is 8.16. The molecule has 3 N–H and O–H groups in total. The number of nitrogens with zero attached hydrogens (tertiary/aromatic N) is 3. The number of anilines is 1. The van der Waals surface area contributed by atoms with Crippen molar-refractivity contribution in [2.24, 2.45) is 11.8 Å². The van der Waals surface area contributed by atoms with Crippen molar-refractivity contribution in [3.05, 3.63) is 60.4 Å². The van der Waals surface area contributed by atoms with Gasteiger partial charge in [0.2, 0.25) is 5.60 Å². The van der Waals surface area contributed by atoms with Crippen LogP contribution in [0.15, 0.2) is 54.7 Å². The monoisotopic (exact) mass is 783 g/mol. The number of nitrogens with two attached hydrogens (primary N) is 1. The van der Waals surface area contributed by atoms with Gasteiger partial charge in [-0.3, -0.25) is 18.9 Å². The van der Waals surface area contributed by atoms with Gasteiger partial charge in [-0.15, -0.1) is 0 Å². The lowest BCUT2D eigenvalue weighted by atomic mass is 9.94. The van der Waals surface area contributed by atoms with Gasteiger partial charge in [0, 0.05) is 32.6 Å². The van der Waals surface area contributed by atoms with Crippen LogP contribution in [0.25, 0.3) is 5.52 Å². The van der Waals surface area contributed by atoms with E-state index in [1.54, 1.807) is 50.2 Å². The molecule has 5 heterocycles. The van der Waals surface area contributed by atoms with Crippen LogP contribution in [0, 0.1) is 23.2 Å². The SMILES string of the molecule is CC(C)OC(=O)[C@H](C)N[P@](=O)(OC[C@@]1(C#N)O[C@@H](c2ccc3c(N)ccnn23)[C@H](OC(=O)C2CCOCC2)[C@@H]1OC(=O)C1CCOCC1)Oc1ccccc1. The van der Waals surface area contributed by atoms with E-state index in [9.17, 15) is 24.2 Å². The summed E-state index contributed by atoms with van der Waals surface area (Å²) in [5, 5.41) is 18.1. The van der Waals surface area contributed by atoms with E-state index in [1.807, 2.05) is 0 Å². The topological polar surface area (TPSA) is 221 Å². The van der Waals surface area contributed by atoms with Gasteiger partial charge in [0.15, 0.2) is 12.2 Å². The molecule has 0 bridgehead atoms. The van der Waals surface area contributed by atoms with E-state index in [1.165, 1.54) is 29.8 Å². The Morgan fingerprint density at radius 3 is 2.24 bits per heavy atom. The number of esters is 3. The zero-order valence-corrected chi connectivity index (χ0v) is 31.8. The number of nitriles is 1. The van der Waals surface area contributed by atoms with Gasteiger partial charge in [0.1, 0.15) is 30.6 Å². The molecule has 55 heavy (non-hydrogen) atoms. The van der Waals surface area contributed by atoms with Crippen molar-refractivity contribution in [2.45, 2.75) is 82.5 Å². The summed E-state index contributed by atoms with van der Waals surface area (Å²) < 4.78 is 63.0. The normalized spacial score (nSPS) is 25.1. The highest BCUT2D eigenvalue weighted by Gasteiger charge is 2.62. The molecule has 3 aromatic rings. The molecule has 1 aromatic carbocycles. The van der Waals surface area contributed by atoms with Crippen molar-refractivity contribution in [1.29, 1.82) is 5.26 Å². The lowest BCUT2D eigenvalue weighted by molar-refractivity contribution is -0.177. The Morgan fingerprint density at radius 2 is 1.62 bits per heavy atom. The average molecular weight is 784 g/mol. The standard InChI is InChI=1S/C37H46N5O12P/c1-23(2)50-34(43)24(3)41-55(46,54-27-7-5-4-6-8-27)49-22-37(21-38)33(52-36(45)26-14-19-48-20-15-26)32(51-35(44)25-12-17-47-18-13-25)31(53-37)30-10-9-29-28(39)11-16-40-42(29)30/h4-11,16,23-26,31-33H,12-15,17-20,22,39H2,1-3H3,(H,41,46)/t24-,31-,32-,33-,37+,55-/m0/s1. The van der Waals surface area contributed by atoms with Crippen molar-refractivity contribution in [3.8, 4) is 11.8 Å². The van der Waals surface area contributed by atoms with Crippen molar-refractivity contribution in [1.82, 2.24) is 14.7 Å². The van der Waals surface area contributed by atoms with Gasteiger partial charge in [-0.25, -0.2) is 9.08 Å². The fraction of sp³-hybridized carbons (Fsp3) is 0.541. The molecule has 0 amide bonds. The summed E-state index contributed by atoms with van der Waals surface area (Å²) in [7, 11) is -4.58. The summed E-state index contributed by atoms with van der Waals surface area (Å²) in [6, 6.07) is 13.9. The van der Waals surface area contributed by atoms with Crippen LogP contribution in [0.3, 0.4) is 0 Å². The van der Waals surface area contributed by atoms with Crippen LogP contribution in [-0.4, -0.2) is 90.5 Å². The third kappa shape index (κ3) is 9.29. The van der Waals surface area contributed by atoms with Crippen LogP contribution in [0.4, 0.5) is 5.69 Å². The molecule has 3 aliphatic rings. The molecule has 0 spiro atoms. The summed E-state index contributed by atoms with van der Waals surface area (Å²) in [6.07, 6.45) is -1.82. The average Bonchev–Trinajstić information content (AvgIpc) is 3.74. The van der Waals surface area contributed by atoms with Gasteiger partial charge in [-0.05, 0) is 76.8 Å². The van der Waals surface area contributed by atoms with Crippen LogP contribution >= 0.6 is 7.75 Å². The van der Waals surface area contributed by atoms with Gasteiger partial charge in [0.25, 0.3) is 0 Å². The Balaban J connectivity index is 1.40. The molecule has 2 aromatic heterocycles. The third-order valence-corrected chi connectivity index (χ3v) is 11.2. The highest BCUT2D eigenvalue weighted by Crippen LogP contribution is 2.50. The van der Waals surface area contributed by atoms with E-state index in [-0.39, 0.29) is 5.75 Å². The number of nitrogen functional groups attached to an aromatic ring is 1. The smallest absolute Gasteiger partial charge is 0.459 e. The van der Waals surface area contributed by atoms with Gasteiger partial charge in [-0.2, -0.15) is 15.4 Å². The Labute approximate surface area is 318 Å². The minimum Gasteiger partial charge on any atom is -0.462 e. The van der Waals surface area contributed by atoms with Gasteiger partial charge < -0.3 is 38.7 Å². The number of hydrogen-bond acceptors (Lipinski definition) is 15. The Kier molecular flexibility index (Phi) is 12.8. The number of benzene rings is 1. The third-order valence-electron chi connectivity index (χ3n) is 9.57. The first kappa shape index (κ1) is 40.1. The second-order valence-corrected chi connectivity index (χ2v) is 15.6. The molecule has 3 saturated heterocycles. The predicted molar refractivity (Wildman–Crippen MR) is 193 cm³/mol. The van der Waals surface area contributed by atoms with Crippen molar-refractivity contribution >= 4 is 36.9 Å². The van der Waals surface area contributed by atoms with E-state index in [0.717, 1.165) is 0 Å². The van der Waals surface area contributed by atoms with Gasteiger partial charge >= 0.3 is 25.7 Å². The molecule has 0 saturated carbocycles. The predicted octanol–water partition coefficient (Wildman–Crippen LogP) is 4.06. The summed E-state index contributed by atoms with van der Waals surface area (Å²) in [5.74, 6) is -3.02. The summed E-state index contributed by atoms with van der Waals surface area (Å²) in [6.45, 7) is 5.24. The molecule has 18 heteroatoms. The Bertz CT molecular complexity index is 1910. The van der Waals surface area contributed by atoms with Crippen molar-refractivity contribution < 1.29 is 56.4 Å². The van der Waals surface area contributed by atoms with Gasteiger partial charge in [-0.1, -0.05) is 18.2 Å². The molecular formula is C37H46N5O12P. The fourth-order valence-electron chi connectivity index (χ4n) is 6.64. The van der Waals surface area contributed by atoms with Gasteiger partial charge in [0.05, 0.1) is 34.8 Å². The molecule has 296 valence electrons. The number of carbonyl (C=O) groups excluding carboxylic acids is 3. The van der Waals surface area contributed by atoms with Crippen molar-refractivity contribution in [3.63, 3.8) is 0 Å². The molecule has 0 aliphatic carbocycles. The lowest BCUT2D eigenvalue weighted by Gasteiger charge is -2.32. The molecule has 17 nitrogen and oxygen atoms in total. The van der Waals surface area contributed by atoms with Crippen LogP contribution in [-0.2, 0) is 51.9 Å². The molecular weight excluding hydrogens is 737 g/mol. The number of aromatic nitrogens is 2. The molecule has 3 fully saturated rings. The quantitative estimate of drug-likeness (QED) is 0.134. The zero-order chi connectivity index (χ0) is 39.2. The maximum absolute atomic E-state index is 14.6. The molecule has 0 radical (unpaired) electrons. The van der Waals surface area contributed by atoms with E-state index >= 15 is 0 Å². The highest BCUT2D eigenvalue weighted by atomic mass is 31.2. The van der Waals surface area contributed by atoms with Crippen molar-refractivity contribution in [2.75, 3.05) is 38.8 Å². The number of ether oxygens (including phenoxy) is 6. The minimum absolute atomic E-state index is 0.119. The number of para-hydroxylation sites is 1. The lowest BCUT2D eigenvalue weighted by Crippen LogP contribution is -2.51. The molecule has 6 atom stereocenters. The highest BCUT2D eigenvalue weighted by molar-refractivity contribution is 7.52. The maximum Gasteiger partial charge on any atom is 0.459 e. The second kappa shape index (κ2) is 17.5. The number of rotatable bonds is 14. The summed E-state index contributed by atoms with van der Waals surface area (Å²) in [4.78, 5) is 40.5. The number of carbonyl (C=O) groups is 3. The van der Waals surface area contributed by atoms with E-state index < -0.39 is 80.2 Å². The first-order chi connectivity index (χ1) is 26.4. The Morgan fingerprint density at radius 1 is 0.982 bits per heavy atom. The van der Waals surface area contributed by atoms with E-state index in [4.69, 9.17) is 43.2 Å². The maximum atomic E-state index is 14.6. The Hall–Kier alpha value is -4.56. The minimum atomic E-state index is -4.58. The first-order valence-corrected chi connectivity index (χ1v) is 19.8. The first-order valence-electron chi connectivity index (χ1n) is 18.3. The summed E-state index contributed by atoms with van der Waals surface area (Å²) in [5.41, 5.74) is 5.20. The second-order valence-electron chi connectivity index (χ2n) is 13.9. The van der Waals surface area contributed by atoms with E-state index in [2.05, 4.69) is 16.3 Å². The van der Waals surface area contributed by atoms with E-state index in [0.29, 0.717) is 69.0 Å².